The summed E-state index contributed by atoms with van der Waals surface area (Å²) in [4.78, 5) is 32.3. The molecule has 0 aromatic carbocycles. The first-order chi connectivity index (χ1) is 11.7. The van der Waals surface area contributed by atoms with Crippen LogP contribution in [-0.2, 0) is 25.6 Å². The van der Waals surface area contributed by atoms with Crippen LogP contribution in [0, 0.1) is 0 Å². The van der Waals surface area contributed by atoms with Gasteiger partial charge in [-0.15, -0.1) is 0 Å². The predicted molar refractivity (Wildman–Crippen MR) is 86.9 cm³/mol. The summed E-state index contributed by atoms with van der Waals surface area (Å²) in [5.74, 6) is -0.292. The number of fused-ring (bicyclic) bond motifs is 10. The topological polar surface area (TPSA) is 52.6 Å². The molecule has 1 spiro atoms. The van der Waals surface area contributed by atoms with Crippen LogP contribution in [0.3, 0.4) is 0 Å². The van der Waals surface area contributed by atoms with Crippen LogP contribution in [0.15, 0.2) is 24.3 Å². The van der Waals surface area contributed by atoms with Crippen LogP contribution in [0.5, 0.6) is 0 Å². The van der Waals surface area contributed by atoms with E-state index in [4.69, 9.17) is 9.47 Å². The van der Waals surface area contributed by atoms with Gasteiger partial charge in [-0.25, -0.2) is 0 Å². The summed E-state index contributed by atoms with van der Waals surface area (Å²) < 4.78 is 11.1. The molecule has 10 aliphatic rings. The van der Waals surface area contributed by atoms with Crippen molar-refractivity contribution in [2.45, 2.75) is 61.0 Å². The number of hydrogen-bond donors (Lipinski definition) is 0. The van der Waals surface area contributed by atoms with Crippen molar-refractivity contribution >= 4 is 11.9 Å². The number of carbonyl (C=O) groups is 2. The van der Waals surface area contributed by atoms with E-state index >= 15 is 0 Å². The zero-order valence-electron chi connectivity index (χ0n) is 14.4. The van der Waals surface area contributed by atoms with E-state index in [1.807, 2.05) is 13.8 Å². The van der Waals surface area contributed by atoms with Crippen molar-refractivity contribution in [2.24, 2.45) is 0 Å². The maximum atomic E-state index is 12.7. The first-order valence-electron chi connectivity index (χ1n) is 9.66. The Morgan fingerprint density at radius 1 is 0.800 bits per heavy atom. The molecule has 0 saturated carbocycles. The zero-order chi connectivity index (χ0) is 17.1. The summed E-state index contributed by atoms with van der Waals surface area (Å²) in [6.07, 6.45) is 0. The van der Waals surface area contributed by atoms with E-state index in [9.17, 15) is 9.59 Å². The Labute approximate surface area is 136 Å². The van der Waals surface area contributed by atoms with Gasteiger partial charge < -0.3 is 0 Å². The second-order valence-electron chi connectivity index (χ2n) is 12.2. The SMILES string of the molecule is C=C(C(=O)OCC)[C]12[CH]3[CH]4[CH]5[CH]1[Fe]45321678[CH]2[CH]1[CH]6[C]7(C(=C)C(=O)OCC)[CH]28. The van der Waals surface area contributed by atoms with Crippen LogP contribution in [0.25, 0.3) is 0 Å². The summed E-state index contributed by atoms with van der Waals surface area (Å²) in [7, 11) is 0. The fourth-order valence-corrected chi connectivity index (χ4v) is 95.3. The third-order valence-corrected chi connectivity index (χ3v) is 59.6. The molecule has 4 nitrogen and oxygen atoms in total. The Morgan fingerprint density at radius 3 is 1.36 bits per heavy atom. The number of rotatable bonds is 6. The normalized spacial score (nSPS) is 87.0. The van der Waals surface area contributed by atoms with Crippen LogP contribution >= 0.6 is 0 Å². The van der Waals surface area contributed by atoms with Gasteiger partial charge in [-0.2, -0.15) is 0 Å². The van der Waals surface area contributed by atoms with Gasteiger partial charge in [-0.3, -0.25) is 0 Å². The molecule has 25 heavy (non-hydrogen) atoms. The van der Waals surface area contributed by atoms with Crippen LogP contribution in [0.4, 0.5) is 0 Å². The summed E-state index contributed by atoms with van der Waals surface area (Å²) >= 11 is 0. The molecular formula is C20H22FeO4. The third kappa shape index (κ3) is 0.160. The molecule has 5 heteroatoms. The Balaban J connectivity index is 1.29. The molecule has 0 N–H and O–H groups in total. The Bertz CT molecular complexity index is 1240. The van der Waals surface area contributed by atoms with E-state index in [1.165, 1.54) is 0 Å². The molecule has 0 aromatic rings. The Kier molecular flexibility index (Phi) is 0.557. The van der Waals surface area contributed by atoms with E-state index in [-0.39, 0.29) is 20.6 Å². The van der Waals surface area contributed by atoms with Crippen molar-refractivity contribution in [2.75, 3.05) is 13.2 Å². The van der Waals surface area contributed by atoms with Gasteiger partial charge >= 0.3 is 136 Å². The molecule has 10 aliphatic heterocycles. The number of carbonyl (C=O) groups excluding carboxylic acids is 2. The van der Waals surface area contributed by atoms with Crippen molar-refractivity contribution in [3.05, 3.63) is 24.3 Å². The first-order valence-corrected chi connectivity index (χ1v) is 15.9. The summed E-state index contributed by atoms with van der Waals surface area (Å²) in [6, 6.07) is 0. The van der Waals surface area contributed by atoms with Gasteiger partial charge in [0.05, 0.1) is 0 Å². The summed E-state index contributed by atoms with van der Waals surface area (Å²) in [5, 5.41) is 0. The van der Waals surface area contributed by atoms with Crippen molar-refractivity contribution in [1.82, 2.24) is 0 Å². The van der Waals surface area contributed by atoms with Gasteiger partial charge in [0.1, 0.15) is 0 Å². The van der Waals surface area contributed by atoms with E-state index in [0.29, 0.717) is 13.2 Å². The van der Waals surface area contributed by atoms with Crippen molar-refractivity contribution in [3.8, 4) is 0 Å². The van der Waals surface area contributed by atoms with Crippen LogP contribution in [-0.4, -0.2) is 25.2 Å². The maximum absolute atomic E-state index is 12.7. The van der Waals surface area contributed by atoms with Crippen molar-refractivity contribution < 1.29 is 25.6 Å². The molecule has 10 saturated heterocycles. The molecule has 8 unspecified atom stereocenters. The molecule has 0 aromatic heterocycles. The van der Waals surface area contributed by atoms with Gasteiger partial charge in [0.25, 0.3) is 0 Å². The van der Waals surface area contributed by atoms with Crippen LogP contribution < -0.4 is 0 Å². The summed E-state index contributed by atoms with van der Waals surface area (Å²) in [5.41, 5.74) is 1.66. The van der Waals surface area contributed by atoms with Gasteiger partial charge in [0.15, 0.2) is 0 Å². The molecule has 10 heterocycles. The quantitative estimate of drug-likeness (QED) is 0.389. The third-order valence-electron chi connectivity index (χ3n) is 16.8. The minimum atomic E-state index is -3.98. The molecule has 0 aliphatic carbocycles. The fourth-order valence-electron chi connectivity index (χ4n) is 19.0. The molecule has 0 amide bonds. The minimum absolute atomic E-state index is 0.146. The van der Waals surface area contributed by atoms with E-state index in [1.54, 1.807) is 0 Å². The average molecular weight is 382 g/mol. The molecule has 0 radical (unpaired) electrons. The zero-order valence-corrected chi connectivity index (χ0v) is 15.5. The first kappa shape index (κ1) is 11.6. The Morgan fingerprint density at radius 2 is 1.12 bits per heavy atom. The molecular weight excluding hydrogens is 360 g/mol. The second-order valence-corrected chi connectivity index (χ2v) is 35.4. The average Bonchev–Trinajstić information content (AvgIpc) is 3.54. The number of ether oxygens (including phenoxy) is 2. The standard InChI is InChI=1S/2C10H11O2.Fe/c2*1-3-12-10(11)8(2)9-6-4-5-7-9;/h2*4-7H,2-3H2,1H3;. The Hall–Kier alpha value is -1.06. The number of esters is 2. The van der Waals surface area contributed by atoms with Gasteiger partial charge in [-0.05, 0) is 0 Å². The van der Waals surface area contributed by atoms with E-state index < -0.39 is 6.51 Å². The monoisotopic (exact) mass is 382 g/mol. The molecule has 8 atom stereocenters. The fraction of sp³-hybridized carbons (Fsp3) is 0.700. The van der Waals surface area contributed by atoms with Gasteiger partial charge in [0, 0.05) is 0 Å². The summed E-state index contributed by atoms with van der Waals surface area (Å²) in [6.45, 7) is 9.30. The molecule has 134 valence electrons. The van der Waals surface area contributed by atoms with Crippen LogP contribution in [0.1, 0.15) is 13.8 Å². The van der Waals surface area contributed by atoms with Crippen molar-refractivity contribution in [3.63, 3.8) is 0 Å². The van der Waals surface area contributed by atoms with E-state index in [0.717, 1.165) is 49.7 Å². The molecule has 0 bridgehead atoms. The van der Waals surface area contributed by atoms with Gasteiger partial charge in [-0.1, -0.05) is 0 Å². The number of hydrogen-bond acceptors (Lipinski definition) is 4. The van der Waals surface area contributed by atoms with Gasteiger partial charge in [0.2, 0.25) is 0 Å². The molecule has 10 rings (SSSR count). The second kappa shape index (κ2) is 1.20. The molecule has 10 fully saturated rings. The predicted octanol–water partition coefficient (Wildman–Crippen LogP) is 4.35. The van der Waals surface area contributed by atoms with Crippen molar-refractivity contribution in [1.29, 1.82) is 0 Å². The van der Waals surface area contributed by atoms with Crippen LogP contribution in [0.2, 0.25) is 47.2 Å². The van der Waals surface area contributed by atoms with E-state index in [2.05, 4.69) is 13.2 Å².